The molecule has 4 rings (SSSR count). The molecule has 0 aliphatic heterocycles. The zero-order valence-electron chi connectivity index (χ0n) is 20.6. The summed E-state index contributed by atoms with van der Waals surface area (Å²) in [6, 6.07) is 15.5. The number of nitrogens with zero attached hydrogens (tertiary/aromatic N) is 3. The highest BCUT2D eigenvalue weighted by atomic mass is 35.5. The molecule has 0 unspecified atom stereocenters. The highest BCUT2D eigenvalue weighted by Gasteiger charge is 2.29. The van der Waals surface area contributed by atoms with E-state index in [1.54, 1.807) is 4.90 Å². The van der Waals surface area contributed by atoms with Crippen LogP contribution in [-0.2, 0) is 9.59 Å². The predicted molar refractivity (Wildman–Crippen MR) is 141 cm³/mol. The lowest BCUT2D eigenvalue weighted by atomic mass is 10.1. The fourth-order valence-electron chi connectivity index (χ4n) is 4.64. The zero-order chi connectivity index (χ0) is 24.9. The van der Waals surface area contributed by atoms with Gasteiger partial charge in [0.25, 0.3) is 0 Å². The summed E-state index contributed by atoms with van der Waals surface area (Å²) in [5.74, 6) is 0.573. The largest absolute Gasteiger partial charge is 0.333 e. The highest BCUT2D eigenvalue weighted by Crippen LogP contribution is 2.28. The molecule has 3 aromatic rings. The lowest BCUT2D eigenvalue weighted by Gasteiger charge is -2.26. The summed E-state index contributed by atoms with van der Waals surface area (Å²) in [5, 5.41) is 3.62. The van der Waals surface area contributed by atoms with E-state index in [-0.39, 0.29) is 30.2 Å². The molecule has 184 valence electrons. The molecule has 1 aliphatic carbocycles. The normalized spacial score (nSPS) is 13.9. The summed E-state index contributed by atoms with van der Waals surface area (Å²) < 4.78 is 1.88. The smallest absolute Gasteiger partial charge is 0.246 e. The van der Waals surface area contributed by atoms with Crippen molar-refractivity contribution in [2.45, 2.75) is 46.5 Å². The summed E-state index contributed by atoms with van der Waals surface area (Å²) in [6.07, 6.45) is 5.90. The van der Waals surface area contributed by atoms with Crippen molar-refractivity contribution in [1.82, 2.24) is 14.5 Å². The molecule has 7 heteroatoms. The van der Waals surface area contributed by atoms with E-state index in [2.05, 4.69) is 19.2 Å². The van der Waals surface area contributed by atoms with Gasteiger partial charge in [-0.05, 0) is 55.5 Å². The number of amides is 2. The molecule has 6 nitrogen and oxygen atoms in total. The second-order valence-electron chi connectivity index (χ2n) is 9.81. The van der Waals surface area contributed by atoms with E-state index in [1.165, 1.54) is 0 Å². The van der Waals surface area contributed by atoms with E-state index in [0.29, 0.717) is 17.5 Å². The van der Waals surface area contributed by atoms with Crippen LogP contribution in [0.2, 0.25) is 5.02 Å². The monoisotopic (exact) mass is 492 g/mol. The van der Waals surface area contributed by atoms with Crippen LogP contribution in [0, 0.1) is 18.8 Å². The molecule has 1 saturated carbocycles. The number of benzene rings is 2. The number of anilines is 1. The van der Waals surface area contributed by atoms with E-state index < -0.39 is 0 Å². The Morgan fingerprint density at radius 1 is 1.14 bits per heavy atom. The Hall–Kier alpha value is -3.12. The lowest BCUT2D eigenvalue weighted by molar-refractivity contribution is -0.138. The van der Waals surface area contributed by atoms with Gasteiger partial charge in [-0.2, -0.15) is 0 Å². The summed E-state index contributed by atoms with van der Waals surface area (Å²) in [6.45, 7) is 6.73. The maximum absolute atomic E-state index is 13.2. The molecule has 1 fully saturated rings. The molecular weight excluding hydrogens is 460 g/mol. The number of halogens is 1. The fourth-order valence-corrected chi connectivity index (χ4v) is 4.77. The zero-order valence-corrected chi connectivity index (χ0v) is 21.4. The number of carbonyl (C=O) groups is 2. The molecule has 1 aliphatic rings. The fraction of sp³-hybridized carbons (Fsp3) is 0.393. The van der Waals surface area contributed by atoms with Crippen LogP contribution >= 0.6 is 11.6 Å². The molecular formula is C28H33ClN4O2. The Morgan fingerprint density at radius 3 is 2.51 bits per heavy atom. The van der Waals surface area contributed by atoms with Crippen molar-refractivity contribution < 1.29 is 9.59 Å². The third-order valence-electron chi connectivity index (χ3n) is 6.31. The van der Waals surface area contributed by atoms with Gasteiger partial charge in [-0.25, -0.2) is 4.98 Å². The van der Waals surface area contributed by atoms with E-state index in [1.807, 2.05) is 66.2 Å². The Morgan fingerprint density at radius 2 is 1.86 bits per heavy atom. The maximum Gasteiger partial charge on any atom is 0.246 e. The van der Waals surface area contributed by atoms with Crippen molar-refractivity contribution in [3.63, 3.8) is 0 Å². The molecule has 2 aromatic carbocycles. The van der Waals surface area contributed by atoms with Gasteiger partial charge < -0.3 is 4.90 Å². The van der Waals surface area contributed by atoms with E-state index >= 15 is 0 Å². The minimum atomic E-state index is -0.251. The first-order valence-corrected chi connectivity index (χ1v) is 12.7. The molecule has 1 N–H and O–H groups in total. The SMILES string of the molecule is Cc1cccc(-n2cc(-c3ccc(Cl)cc3)nc2NC(=O)CN(CC(C)C)C(=O)C2CCCC2)c1. The van der Waals surface area contributed by atoms with E-state index in [9.17, 15) is 9.59 Å². The summed E-state index contributed by atoms with van der Waals surface area (Å²) >= 11 is 6.06. The van der Waals surface area contributed by atoms with Crippen LogP contribution in [0.4, 0.5) is 5.95 Å². The predicted octanol–water partition coefficient (Wildman–Crippen LogP) is 6.11. The second kappa shape index (κ2) is 11.1. The van der Waals surface area contributed by atoms with Gasteiger partial charge in [0.2, 0.25) is 17.8 Å². The molecule has 0 atom stereocenters. The van der Waals surface area contributed by atoms with Crippen molar-refractivity contribution in [3.05, 3.63) is 65.3 Å². The lowest BCUT2D eigenvalue weighted by Crippen LogP contribution is -2.43. The molecule has 0 saturated heterocycles. The van der Waals surface area contributed by atoms with Crippen LogP contribution in [0.25, 0.3) is 16.9 Å². The third kappa shape index (κ3) is 6.31. The Balaban J connectivity index is 1.60. The summed E-state index contributed by atoms with van der Waals surface area (Å²) in [5.41, 5.74) is 3.62. The van der Waals surface area contributed by atoms with Gasteiger partial charge in [0.1, 0.15) is 0 Å². The van der Waals surface area contributed by atoms with Crippen LogP contribution in [0.3, 0.4) is 0 Å². The van der Waals surface area contributed by atoms with E-state index in [0.717, 1.165) is 48.2 Å². The summed E-state index contributed by atoms with van der Waals surface area (Å²) in [4.78, 5) is 32.8. The third-order valence-corrected chi connectivity index (χ3v) is 6.57. The van der Waals surface area contributed by atoms with Gasteiger partial charge >= 0.3 is 0 Å². The van der Waals surface area contributed by atoms with Crippen molar-refractivity contribution >= 4 is 29.4 Å². The average molecular weight is 493 g/mol. The van der Waals surface area contributed by atoms with Crippen LogP contribution in [0.15, 0.2) is 54.7 Å². The number of aryl methyl sites for hydroxylation is 1. The maximum atomic E-state index is 13.2. The number of imidazole rings is 1. The molecule has 1 heterocycles. The number of nitrogens with one attached hydrogen (secondary N) is 1. The molecule has 0 radical (unpaired) electrons. The van der Waals surface area contributed by atoms with Gasteiger partial charge in [0.15, 0.2) is 0 Å². The number of hydrogen-bond acceptors (Lipinski definition) is 3. The van der Waals surface area contributed by atoms with Gasteiger partial charge in [-0.1, -0.05) is 62.6 Å². The minimum Gasteiger partial charge on any atom is -0.333 e. The number of carbonyl (C=O) groups excluding carboxylic acids is 2. The molecule has 0 spiro atoms. The standard InChI is InChI=1S/C28H33ClN4O2/c1-19(2)16-32(27(35)22-8-4-5-9-22)18-26(34)31-28-30-25(21-11-13-23(29)14-12-21)17-33(28)24-10-6-7-20(3)15-24/h6-7,10-15,17,19,22H,4-5,8-9,16,18H2,1-3H3,(H,30,31,34). The molecule has 1 aromatic heterocycles. The highest BCUT2D eigenvalue weighted by molar-refractivity contribution is 6.30. The van der Waals surface area contributed by atoms with Crippen LogP contribution in [-0.4, -0.2) is 39.4 Å². The van der Waals surface area contributed by atoms with Crippen molar-refractivity contribution in [2.24, 2.45) is 11.8 Å². The van der Waals surface area contributed by atoms with Crippen molar-refractivity contribution in [1.29, 1.82) is 0 Å². The van der Waals surface area contributed by atoms with Gasteiger partial charge in [-0.15, -0.1) is 0 Å². The number of aromatic nitrogens is 2. The van der Waals surface area contributed by atoms with E-state index in [4.69, 9.17) is 16.6 Å². The summed E-state index contributed by atoms with van der Waals surface area (Å²) in [7, 11) is 0. The van der Waals surface area contributed by atoms with Crippen LogP contribution in [0.5, 0.6) is 0 Å². The van der Waals surface area contributed by atoms with Crippen LogP contribution < -0.4 is 5.32 Å². The van der Waals surface area contributed by atoms with Gasteiger partial charge in [0.05, 0.1) is 12.2 Å². The molecule has 2 amide bonds. The first-order chi connectivity index (χ1) is 16.8. The average Bonchev–Trinajstić information content (AvgIpc) is 3.49. The van der Waals surface area contributed by atoms with Gasteiger partial charge in [-0.3, -0.25) is 19.5 Å². The number of rotatable bonds is 8. The van der Waals surface area contributed by atoms with Gasteiger partial charge in [0, 0.05) is 34.9 Å². The number of hydrogen-bond donors (Lipinski definition) is 1. The Labute approximate surface area is 212 Å². The Bertz CT molecular complexity index is 1180. The Kier molecular flexibility index (Phi) is 7.91. The first kappa shape index (κ1) is 25.0. The van der Waals surface area contributed by atoms with Crippen LogP contribution in [0.1, 0.15) is 45.1 Å². The molecule has 35 heavy (non-hydrogen) atoms. The molecule has 0 bridgehead atoms. The minimum absolute atomic E-state index is 0.0183. The second-order valence-corrected chi connectivity index (χ2v) is 10.2. The van der Waals surface area contributed by atoms with Crippen molar-refractivity contribution in [3.8, 4) is 16.9 Å². The topological polar surface area (TPSA) is 67.2 Å². The quantitative estimate of drug-likeness (QED) is 0.412. The first-order valence-electron chi connectivity index (χ1n) is 12.3. The van der Waals surface area contributed by atoms with Crippen molar-refractivity contribution in [2.75, 3.05) is 18.4 Å².